The summed E-state index contributed by atoms with van der Waals surface area (Å²) in [5, 5.41) is 14.4. The maximum atomic E-state index is 14.0. The predicted octanol–water partition coefficient (Wildman–Crippen LogP) is 3.53. The van der Waals surface area contributed by atoms with Crippen LogP contribution >= 0.6 is 11.6 Å². The van der Waals surface area contributed by atoms with Gasteiger partial charge in [-0.3, -0.25) is 14.9 Å². The van der Waals surface area contributed by atoms with Crippen molar-refractivity contribution in [3.63, 3.8) is 0 Å². The molecule has 4 bridgehead atoms. The lowest BCUT2D eigenvalue weighted by molar-refractivity contribution is -0.161. The summed E-state index contributed by atoms with van der Waals surface area (Å²) < 4.78 is 28.9. The second-order valence-electron chi connectivity index (χ2n) is 13.0. The molecule has 3 aliphatic rings. The van der Waals surface area contributed by atoms with Gasteiger partial charge in [-0.2, -0.15) is 0 Å². The summed E-state index contributed by atoms with van der Waals surface area (Å²) in [7, 11) is 5.97. The Morgan fingerprint density at radius 3 is 2.56 bits per heavy atom. The molecular formula is C34H46ClN3O10. The SMILES string of the molecule is COc1cc2cc(c1Cl)N(C)C(=O)C[C@H](OC(=O)[C@H](C)N(C)C(C)=O)[C@@]1(C)O[C@H]1[C@H](C)[C@@H]1C[C@@](O)(NC(=O)O1)[C@H](OC)/C=C/C=C(/C)C2. The number of hydrogen-bond donors (Lipinski definition) is 2. The first kappa shape index (κ1) is 37.2. The van der Waals surface area contributed by atoms with E-state index in [1.165, 1.54) is 44.9 Å². The van der Waals surface area contributed by atoms with Gasteiger partial charge in [0.1, 0.15) is 40.7 Å². The molecule has 3 aliphatic heterocycles. The van der Waals surface area contributed by atoms with E-state index >= 15 is 0 Å². The van der Waals surface area contributed by atoms with E-state index in [9.17, 15) is 24.3 Å². The Morgan fingerprint density at radius 2 is 1.94 bits per heavy atom. The number of halogens is 1. The molecule has 2 N–H and O–H groups in total. The van der Waals surface area contributed by atoms with Crippen LogP contribution < -0.4 is 15.0 Å². The first-order valence-corrected chi connectivity index (χ1v) is 16.2. The molecule has 0 radical (unpaired) electrons. The number of likely N-dealkylation sites (N-methyl/N-ethyl adjacent to an activating group) is 1. The second kappa shape index (κ2) is 14.5. The number of carbonyl (C=O) groups is 4. The molecule has 0 saturated carbocycles. The number of methoxy groups -OCH3 is 2. The Bertz CT molecular complexity index is 1500. The third kappa shape index (κ3) is 7.64. The number of ether oxygens (including phenoxy) is 5. The summed E-state index contributed by atoms with van der Waals surface area (Å²) in [5.74, 6) is -1.63. The normalized spacial score (nSPS) is 33.2. The highest BCUT2D eigenvalue weighted by atomic mass is 35.5. The number of allylic oxidation sites excluding steroid dienone is 3. The number of benzene rings is 1. The van der Waals surface area contributed by atoms with Crippen LogP contribution in [0.3, 0.4) is 0 Å². The molecule has 1 aromatic rings. The van der Waals surface area contributed by atoms with Crippen LogP contribution in [-0.2, 0) is 39.8 Å². The smallest absolute Gasteiger partial charge is 0.409 e. The molecule has 2 saturated heterocycles. The molecule has 0 aromatic heterocycles. The lowest BCUT2D eigenvalue weighted by atomic mass is 9.83. The fourth-order valence-electron chi connectivity index (χ4n) is 6.27. The van der Waals surface area contributed by atoms with Gasteiger partial charge in [-0.05, 0) is 44.9 Å². The molecule has 13 nitrogen and oxygen atoms in total. The number of alkyl carbamates (subject to hydrolysis) is 1. The number of hydrogen-bond acceptors (Lipinski definition) is 10. The van der Waals surface area contributed by atoms with Crippen LogP contribution in [-0.4, -0.2) is 104 Å². The first-order valence-electron chi connectivity index (χ1n) is 15.8. The van der Waals surface area contributed by atoms with E-state index in [2.05, 4.69) is 5.32 Å². The number of amides is 3. The van der Waals surface area contributed by atoms with Gasteiger partial charge in [0.05, 0.1) is 25.3 Å². The first-order chi connectivity index (χ1) is 22.4. The molecule has 1 aromatic carbocycles. The van der Waals surface area contributed by atoms with Gasteiger partial charge in [-0.1, -0.05) is 42.3 Å². The number of anilines is 1. The molecular weight excluding hydrogens is 646 g/mol. The van der Waals surface area contributed by atoms with Crippen molar-refractivity contribution in [2.75, 3.05) is 33.2 Å². The Balaban J connectivity index is 1.80. The van der Waals surface area contributed by atoms with Gasteiger partial charge in [0.25, 0.3) is 0 Å². The van der Waals surface area contributed by atoms with Crippen molar-refractivity contribution in [3.05, 3.63) is 46.5 Å². The summed E-state index contributed by atoms with van der Waals surface area (Å²) in [6, 6.07) is 2.63. The molecule has 8 atom stereocenters. The zero-order valence-electron chi connectivity index (χ0n) is 28.9. The van der Waals surface area contributed by atoms with Crippen molar-refractivity contribution in [1.29, 1.82) is 0 Å². The minimum atomic E-state index is -1.81. The highest BCUT2D eigenvalue weighted by Crippen LogP contribution is 2.49. The fraction of sp³-hybridized carbons (Fsp3) is 0.588. The van der Waals surface area contributed by atoms with E-state index in [1.54, 1.807) is 45.2 Å². The number of esters is 1. The standard InChI is InChI=1S/C34H46ClN3O10/c1-18-11-10-12-26(45-9)34(43)17-25(46-32(42)36-34)19(2)30-33(5,48-30)27(47-31(41)20(3)37(6)21(4)39)16-28(40)38(7)23-14-22(13-18)15-24(44-8)29(23)35/h10-12,14-15,19-20,25-27,30,43H,13,16-17H2,1-9H3,(H,36,42)/b12-10+,18-11-/t19-,20+,25+,26-,27+,30+,33-,34+/m1/s1. The average Bonchev–Trinajstić information content (AvgIpc) is 3.73. The van der Waals surface area contributed by atoms with Gasteiger partial charge < -0.3 is 38.6 Å². The molecule has 14 heteroatoms. The minimum absolute atomic E-state index is 0.0436. The van der Waals surface area contributed by atoms with Gasteiger partial charge in [0, 0.05) is 40.5 Å². The summed E-state index contributed by atoms with van der Waals surface area (Å²) in [6.45, 7) is 8.29. The Labute approximate surface area is 286 Å². The Morgan fingerprint density at radius 1 is 1.25 bits per heavy atom. The minimum Gasteiger partial charge on any atom is -0.495 e. The molecule has 264 valence electrons. The van der Waals surface area contributed by atoms with E-state index in [1.807, 2.05) is 13.0 Å². The molecule has 3 heterocycles. The number of rotatable bonds is 5. The predicted molar refractivity (Wildman–Crippen MR) is 177 cm³/mol. The van der Waals surface area contributed by atoms with E-state index in [-0.39, 0.29) is 23.8 Å². The lowest BCUT2D eigenvalue weighted by Crippen LogP contribution is -2.63. The summed E-state index contributed by atoms with van der Waals surface area (Å²) >= 11 is 6.71. The van der Waals surface area contributed by atoms with E-state index in [0.717, 1.165) is 11.1 Å². The zero-order chi connectivity index (χ0) is 35.7. The van der Waals surface area contributed by atoms with Crippen molar-refractivity contribution in [2.24, 2.45) is 5.92 Å². The van der Waals surface area contributed by atoms with Gasteiger partial charge in [-0.25, -0.2) is 9.59 Å². The highest BCUT2D eigenvalue weighted by Gasteiger charge is 2.64. The van der Waals surface area contributed by atoms with E-state index < -0.39 is 65.7 Å². The molecule has 2 fully saturated rings. The summed E-state index contributed by atoms with van der Waals surface area (Å²) in [6.07, 6.45) is 1.02. The average molecular weight is 692 g/mol. The fourth-order valence-corrected chi connectivity index (χ4v) is 6.59. The van der Waals surface area contributed by atoms with Crippen LogP contribution in [0.2, 0.25) is 5.02 Å². The molecule has 0 spiro atoms. The Hall–Kier alpha value is -3.65. The molecule has 3 amide bonds. The van der Waals surface area contributed by atoms with Crippen molar-refractivity contribution in [1.82, 2.24) is 10.2 Å². The van der Waals surface area contributed by atoms with Gasteiger partial charge in [0.15, 0.2) is 5.72 Å². The van der Waals surface area contributed by atoms with Crippen LogP contribution in [0.4, 0.5) is 10.5 Å². The van der Waals surface area contributed by atoms with Crippen LogP contribution in [0.1, 0.15) is 53.0 Å². The number of nitrogens with one attached hydrogen (secondary N) is 1. The van der Waals surface area contributed by atoms with E-state index in [4.69, 9.17) is 35.3 Å². The van der Waals surface area contributed by atoms with E-state index in [0.29, 0.717) is 17.9 Å². The highest BCUT2D eigenvalue weighted by molar-refractivity contribution is 6.35. The third-order valence-electron chi connectivity index (χ3n) is 9.63. The number of epoxide rings is 1. The van der Waals surface area contributed by atoms with Crippen LogP contribution in [0.25, 0.3) is 0 Å². The van der Waals surface area contributed by atoms with Crippen LogP contribution in [0.15, 0.2) is 35.9 Å². The number of nitrogens with zero attached hydrogens (tertiary/aromatic N) is 2. The molecule has 48 heavy (non-hydrogen) atoms. The summed E-state index contributed by atoms with van der Waals surface area (Å²) in [4.78, 5) is 54.7. The number of carbonyl (C=O) groups excluding carboxylic acids is 4. The van der Waals surface area contributed by atoms with Crippen molar-refractivity contribution in [3.8, 4) is 5.75 Å². The molecule has 0 aliphatic carbocycles. The maximum absolute atomic E-state index is 14.0. The van der Waals surface area contributed by atoms with Crippen molar-refractivity contribution in [2.45, 2.75) is 95.7 Å². The van der Waals surface area contributed by atoms with Gasteiger partial charge in [-0.15, -0.1) is 0 Å². The number of aliphatic hydroxyl groups is 1. The lowest BCUT2D eigenvalue weighted by Gasteiger charge is -2.42. The van der Waals surface area contributed by atoms with Crippen molar-refractivity contribution >= 4 is 41.2 Å². The zero-order valence-corrected chi connectivity index (χ0v) is 29.6. The monoisotopic (exact) mass is 691 g/mol. The quantitative estimate of drug-likeness (QED) is 0.346. The topological polar surface area (TPSA) is 156 Å². The maximum Gasteiger partial charge on any atom is 0.409 e. The second-order valence-corrected chi connectivity index (χ2v) is 13.4. The van der Waals surface area contributed by atoms with Crippen LogP contribution in [0.5, 0.6) is 5.75 Å². The summed E-state index contributed by atoms with van der Waals surface area (Å²) in [5.41, 5.74) is -0.871. The Kier molecular flexibility index (Phi) is 11.2. The molecule has 4 rings (SSSR count). The van der Waals surface area contributed by atoms with Gasteiger partial charge >= 0.3 is 12.1 Å². The third-order valence-corrected chi connectivity index (χ3v) is 10.0. The molecule has 0 unspecified atom stereocenters. The van der Waals surface area contributed by atoms with Crippen LogP contribution in [0, 0.1) is 5.92 Å². The largest absolute Gasteiger partial charge is 0.495 e. The van der Waals surface area contributed by atoms with Gasteiger partial charge in [0.2, 0.25) is 11.8 Å². The number of fused-ring (bicyclic) bond motifs is 5. The van der Waals surface area contributed by atoms with Crippen molar-refractivity contribution < 1.29 is 48.0 Å².